The summed E-state index contributed by atoms with van der Waals surface area (Å²) in [5.41, 5.74) is 1.92. The van der Waals surface area contributed by atoms with E-state index in [0.29, 0.717) is 29.7 Å². The number of halogens is 4. The Morgan fingerprint density at radius 2 is 1.82 bits per heavy atom. The number of hydrogen-bond acceptors (Lipinski definition) is 6. The van der Waals surface area contributed by atoms with Gasteiger partial charge in [0.2, 0.25) is 0 Å². The van der Waals surface area contributed by atoms with Gasteiger partial charge in [-0.15, -0.1) is 0 Å². The number of hydrogen-bond donors (Lipinski definition) is 1. The van der Waals surface area contributed by atoms with Crippen molar-refractivity contribution in [3.8, 4) is 11.5 Å². The number of nitrogens with zero attached hydrogens (tertiary/aromatic N) is 2. The molecule has 3 rings (SSSR count). The lowest BCUT2D eigenvalue weighted by molar-refractivity contribution is -0.384. The molecule has 172 valence electrons. The Kier molecular flexibility index (Phi) is 7.54. The van der Waals surface area contributed by atoms with Crippen molar-refractivity contribution in [1.82, 2.24) is 0 Å². The van der Waals surface area contributed by atoms with Crippen molar-refractivity contribution in [3.63, 3.8) is 0 Å². The van der Waals surface area contributed by atoms with Crippen LogP contribution >= 0.6 is 15.9 Å². The monoisotopic (exact) mass is 523 g/mol. The maximum Gasteiger partial charge on any atom is 0.416 e. The van der Waals surface area contributed by atoms with Crippen molar-refractivity contribution >= 4 is 33.5 Å². The summed E-state index contributed by atoms with van der Waals surface area (Å²) in [4.78, 5) is 10.2. The van der Waals surface area contributed by atoms with Gasteiger partial charge in [0, 0.05) is 10.5 Å². The summed E-state index contributed by atoms with van der Waals surface area (Å²) in [5, 5.41) is 15.0. The molecule has 0 atom stereocenters. The lowest BCUT2D eigenvalue weighted by Crippen LogP contribution is -2.06. The fourth-order valence-electron chi connectivity index (χ4n) is 2.76. The van der Waals surface area contributed by atoms with E-state index in [1.54, 1.807) is 18.2 Å². The Bertz CT molecular complexity index is 1170. The quantitative estimate of drug-likeness (QED) is 0.209. The summed E-state index contributed by atoms with van der Waals surface area (Å²) < 4.78 is 50.5. The third kappa shape index (κ3) is 6.45. The van der Waals surface area contributed by atoms with E-state index in [1.807, 2.05) is 24.3 Å². The molecular weight excluding hydrogens is 507 g/mol. The molecule has 0 fully saturated rings. The van der Waals surface area contributed by atoms with Gasteiger partial charge in [0.1, 0.15) is 12.3 Å². The van der Waals surface area contributed by atoms with Gasteiger partial charge in [0.15, 0.2) is 11.5 Å². The molecule has 0 aromatic heterocycles. The first-order valence-corrected chi connectivity index (χ1v) is 10.2. The van der Waals surface area contributed by atoms with Crippen LogP contribution in [0, 0.1) is 10.1 Å². The van der Waals surface area contributed by atoms with E-state index in [-0.39, 0.29) is 5.69 Å². The maximum atomic E-state index is 12.8. The predicted octanol–water partition coefficient (Wildman–Crippen LogP) is 6.41. The molecule has 0 radical (unpaired) electrons. The molecule has 1 N–H and O–H groups in total. The zero-order valence-corrected chi connectivity index (χ0v) is 18.7. The number of nitro benzene ring substituents is 1. The van der Waals surface area contributed by atoms with Crippen LogP contribution < -0.4 is 14.9 Å². The van der Waals surface area contributed by atoms with Crippen LogP contribution in [0.3, 0.4) is 0 Å². The van der Waals surface area contributed by atoms with Crippen molar-refractivity contribution < 1.29 is 27.6 Å². The van der Waals surface area contributed by atoms with Crippen LogP contribution in [-0.2, 0) is 12.8 Å². The minimum absolute atomic E-state index is 0.175. The van der Waals surface area contributed by atoms with Crippen molar-refractivity contribution in [1.29, 1.82) is 0 Å². The van der Waals surface area contributed by atoms with Gasteiger partial charge in [0.25, 0.3) is 5.69 Å². The summed E-state index contributed by atoms with van der Waals surface area (Å²) in [6.45, 7) is 0.330. The highest BCUT2D eigenvalue weighted by Gasteiger charge is 2.33. The number of nitrogens with one attached hydrogen (secondary N) is 1. The molecule has 0 spiro atoms. The standard InChI is InChI=1S/C22H17BrF3N3O4/c1-32-21-10-15(4-9-20(21)33-13-14-2-6-17(23)7-3-14)12-27-28-18-8-5-16(22(24,25)26)11-19(18)29(30)31/h2-12,28H,13H2,1H3/b27-12-. The molecule has 0 aliphatic rings. The molecule has 33 heavy (non-hydrogen) atoms. The SMILES string of the molecule is COc1cc(/C=N\Nc2ccc(C(F)(F)F)cc2[N+](=O)[O-])ccc1OCc1ccc(Br)cc1. The molecule has 0 aliphatic heterocycles. The molecule has 0 bridgehead atoms. The van der Waals surface area contributed by atoms with Crippen molar-refractivity contribution in [2.45, 2.75) is 12.8 Å². The highest BCUT2D eigenvalue weighted by atomic mass is 79.9. The first-order chi connectivity index (χ1) is 15.7. The Hall–Kier alpha value is -3.60. The second-order valence-corrected chi connectivity index (χ2v) is 7.60. The summed E-state index contributed by atoms with van der Waals surface area (Å²) in [5.74, 6) is 0.945. The predicted molar refractivity (Wildman–Crippen MR) is 121 cm³/mol. The zero-order chi connectivity index (χ0) is 24.0. The molecule has 3 aromatic rings. The Morgan fingerprint density at radius 3 is 2.45 bits per heavy atom. The molecule has 11 heteroatoms. The Morgan fingerprint density at radius 1 is 1.09 bits per heavy atom. The summed E-state index contributed by atoms with van der Waals surface area (Å²) >= 11 is 3.37. The molecule has 0 aliphatic carbocycles. The maximum absolute atomic E-state index is 12.8. The zero-order valence-electron chi connectivity index (χ0n) is 17.1. The molecule has 7 nitrogen and oxygen atoms in total. The second kappa shape index (κ2) is 10.3. The fraction of sp³-hybridized carbons (Fsp3) is 0.136. The Balaban J connectivity index is 1.71. The minimum Gasteiger partial charge on any atom is -0.493 e. The molecule has 0 amide bonds. The van der Waals surface area contributed by atoms with E-state index in [1.165, 1.54) is 13.3 Å². The van der Waals surface area contributed by atoms with E-state index < -0.39 is 22.4 Å². The smallest absolute Gasteiger partial charge is 0.416 e. The van der Waals surface area contributed by atoms with Gasteiger partial charge in [-0.1, -0.05) is 28.1 Å². The van der Waals surface area contributed by atoms with Crippen LogP contribution in [0.2, 0.25) is 0 Å². The van der Waals surface area contributed by atoms with E-state index in [0.717, 1.165) is 22.2 Å². The van der Waals surface area contributed by atoms with Crippen LogP contribution in [0.5, 0.6) is 11.5 Å². The van der Waals surface area contributed by atoms with Crippen LogP contribution in [0.4, 0.5) is 24.5 Å². The third-order valence-corrected chi connectivity index (χ3v) is 4.94. The van der Waals surface area contributed by atoms with E-state index in [9.17, 15) is 23.3 Å². The van der Waals surface area contributed by atoms with Gasteiger partial charge in [0.05, 0.1) is 23.8 Å². The number of alkyl halides is 3. The van der Waals surface area contributed by atoms with Gasteiger partial charge in [-0.05, 0) is 53.6 Å². The number of nitro groups is 1. The molecule has 0 saturated heterocycles. The molecule has 0 heterocycles. The third-order valence-electron chi connectivity index (χ3n) is 4.42. The number of hydrazone groups is 1. The summed E-state index contributed by atoms with van der Waals surface area (Å²) in [6.07, 6.45) is -3.34. The van der Waals surface area contributed by atoms with Gasteiger partial charge >= 0.3 is 6.18 Å². The molecule has 0 saturated carbocycles. The summed E-state index contributed by atoms with van der Waals surface area (Å²) in [6, 6.07) is 14.8. The normalized spacial score (nSPS) is 11.4. The van der Waals surface area contributed by atoms with Crippen LogP contribution in [0.15, 0.2) is 70.2 Å². The average Bonchev–Trinajstić information content (AvgIpc) is 2.78. The van der Waals surface area contributed by atoms with Gasteiger partial charge < -0.3 is 9.47 Å². The number of methoxy groups -OCH3 is 1. The first-order valence-electron chi connectivity index (χ1n) is 9.37. The van der Waals surface area contributed by atoms with Crippen LogP contribution in [0.1, 0.15) is 16.7 Å². The Labute approximate surface area is 195 Å². The highest BCUT2D eigenvalue weighted by Crippen LogP contribution is 2.35. The minimum atomic E-state index is -4.69. The van der Waals surface area contributed by atoms with Gasteiger partial charge in [-0.3, -0.25) is 15.5 Å². The van der Waals surface area contributed by atoms with E-state index in [2.05, 4.69) is 26.5 Å². The van der Waals surface area contributed by atoms with Gasteiger partial charge in [-0.2, -0.15) is 18.3 Å². The summed E-state index contributed by atoms with van der Waals surface area (Å²) in [7, 11) is 1.48. The van der Waals surface area contributed by atoms with E-state index >= 15 is 0 Å². The largest absolute Gasteiger partial charge is 0.493 e. The molecular formula is C22H17BrF3N3O4. The number of ether oxygens (including phenoxy) is 2. The highest BCUT2D eigenvalue weighted by molar-refractivity contribution is 9.10. The average molecular weight is 524 g/mol. The first kappa shape index (κ1) is 24.1. The lowest BCUT2D eigenvalue weighted by atomic mass is 10.1. The topological polar surface area (TPSA) is 86.0 Å². The number of anilines is 1. The second-order valence-electron chi connectivity index (χ2n) is 6.68. The van der Waals surface area contributed by atoms with E-state index in [4.69, 9.17) is 9.47 Å². The fourth-order valence-corrected chi connectivity index (χ4v) is 3.02. The van der Waals surface area contributed by atoms with Crippen molar-refractivity contribution in [2.24, 2.45) is 5.10 Å². The number of benzene rings is 3. The van der Waals surface area contributed by atoms with Gasteiger partial charge in [-0.25, -0.2) is 0 Å². The van der Waals surface area contributed by atoms with Crippen molar-refractivity contribution in [2.75, 3.05) is 12.5 Å². The molecule has 0 unspecified atom stereocenters. The van der Waals surface area contributed by atoms with Crippen LogP contribution in [-0.4, -0.2) is 18.2 Å². The number of rotatable bonds is 8. The molecule has 3 aromatic carbocycles. The van der Waals surface area contributed by atoms with Crippen molar-refractivity contribution in [3.05, 3.63) is 91.9 Å². The van der Waals surface area contributed by atoms with Crippen LogP contribution in [0.25, 0.3) is 0 Å². The lowest BCUT2D eigenvalue weighted by Gasteiger charge is -2.11.